The molecule has 4 aliphatic rings. The Balaban J connectivity index is 1.26. The summed E-state index contributed by atoms with van der Waals surface area (Å²) in [6.45, 7) is 1.56. The van der Waals surface area contributed by atoms with Gasteiger partial charge in [0.05, 0.1) is 32.2 Å². The van der Waals surface area contributed by atoms with Gasteiger partial charge in [0.25, 0.3) is 0 Å². The maximum Gasteiger partial charge on any atom is 0.314 e. The van der Waals surface area contributed by atoms with Crippen molar-refractivity contribution in [2.45, 2.75) is 43.4 Å². The summed E-state index contributed by atoms with van der Waals surface area (Å²) in [6, 6.07) is 0. The van der Waals surface area contributed by atoms with Crippen LogP contribution in [0.1, 0.15) is 32.1 Å². The fourth-order valence-electron chi connectivity index (χ4n) is 4.24. The van der Waals surface area contributed by atoms with Crippen LogP contribution in [0.5, 0.6) is 0 Å². The molecule has 3 heterocycles. The van der Waals surface area contributed by atoms with Crippen LogP contribution in [0.15, 0.2) is 10.2 Å². The zero-order chi connectivity index (χ0) is 17.0. The van der Waals surface area contributed by atoms with Gasteiger partial charge in [0.2, 0.25) is 5.91 Å². The van der Waals surface area contributed by atoms with E-state index < -0.39 is 11.1 Å². The van der Waals surface area contributed by atoms with Crippen LogP contribution in [0.4, 0.5) is 0 Å². The molecule has 3 fully saturated rings. The van der Waals surface area contributed by atoms with Gasteiger partial charge in [-0.15, -0.1) is 12.3 Å². The molecule has 3 aliphatic heterocycles. The van der Waals surface area contributed by atoms with Crippen molar-refractivity contribution < 1.29 is 19.1 Å². The monoisotopic (exact) mass is 331 g/mol. The van der Waals surface area contributed by atoms with Crippen LogP contribution in [0.25, 0.3) is 0 Å². The molecular weight excluding hydrogens is 310 g/mol. The van der Waals surface area contributed by atoms with Gasteiger partial charge < -0.3 is 14.4 Å². The summed E-state index contributed by atoms with van der Waals surface area (Å²) < 4.78 is 10.8. The van der Waals surface area contributed by atoms with Crippen LogP contribution in [0.2, 0.25) is 0 Å². The van der Waals surface area contributed by atoms with Crippen molar-refractivity contribution >= 4 is 11.9 Å². The summed E-state index contributed by atoms with van der Waals surface area (Å²) >= 11 is 0. The molecule has 7 heteroatoms. The van der Waals surface area contributed by atoms with E-state index >= 15 is 0 Å². The smallest absolute Gasteiger partial charge is 0.314 e. The van der Waals surface area contributed by atoms with Crippen molar-refractivity contribution in [3.05, 3.63) is 0 Å². The zero-order valence-corrected chi connectivity index (χ0v) is 13.8. The number of rotatable bonds is 6. The maximum atomic E-state index is 12.4. The van der Waals surface area contributed by atoms with E-state index in [1.807, 2.05) is 4.90 Å². The number of carbonyl (C=O) groups is 2. The molecule has 1 aliphatic carbocycles. The number of carbonyl (C=O) groups excluding carboxylic acids is 2. The van der Waals surface area contributed by atoms with E-state index in [2.05, 4.69) is 16.1 Å². The molecule has 0 aromatic carbocycles. The number of nitrogens with zero attached hydrogens (tertiary/aromatic N) is 3. The number of amides is 1. The Morgan fingerprint density at radius 1 is 1.38 bits per heavy atom. The van der Waals surface area contributed by atoms with E-state index in [9.17, 15) is 9.59 Å². The molecule has 0 aromatic rings. The first-order valence-corrected chi connectivity index (χ1v) is 8.37. The van der Waals surface area contributed by atoms with Gasteiger partial charge in [-0.2, -0.15) is 10.2 Å². The molecule has 0 N–H and O–H groups in total. The topological polar surface area (TPSA) is 80.6 Å². The maximum absolute atomic E-state index is 12.4. The molecule has 1 saturated carbocycles. The lowest BCUT2D eigenvalue weighted by Gasteiger charge is -2.48. The molecule has 2 saturated heterocycles. The predicted molar refractivity (Wildman–Crippen MR) is 82.7 cm³/mol. The van der Waals surface area contributed by atoms with Gasteiger partial charge in [-0.1, -0.05) is 0 Å². The Kier molecular flexibility index (Phi) is 3.26. The summed E-state index contributed by atoms with van der Waals surface area (Å²) in [5, 5.41) is 8.11. The van der Waals surface area contributed by atoms with Gasteiger partial charge in [0.1, 0.15) is 5.60 Å². The van der Waals surface area contributed by atoms with Crippen LogP contribution in [0.3, 0.4) is 0 Å². The molecule has 128 valence electrons. The molecule has 2 atom stereocenters. The van der Waals surface area contributed by atoms with Crippen LogP contribution >= 0.6 is 0 Å². The predicted octanol–water partition coefficient (Wildman–Crippen LogP) is 1.13. The number of ether oxygens (including phenoxy) is 2. The normalized spacial score (nSPS) is 32.7. The fraction of sp³-hybridized carbons (Fsp3) is 0.765. The third kappa shape index (κ3) is 2.16. The molecule has 0 aromatic heterocycles. The molecular formula is C17H21N3O4. The second kappa shape index (κ2) is 5.03. The molecule has 1 amide bonds. The number of fused-ring (bicyclic) bond motifs is 2. The minimum atomic E-state index is -0.449. The molecule has 0 bridgehead atoms. The first-order valence-electron chi connectivity index (χ1n) is 8.37. The zero-order valence-electron chi connectivity index (χ0n) is 13.8. The summed E-state index contributed by atoms with van der Waals surface area (Å²) in [4.78, 5) is 26.1. The van der Waals surface area contributed by atoms with Crippen molar-refractivity contribution in [2.24, 2.45) is 21.6 Å². The lowest BCUT2D eigenvalue weighted by molar-refractivity contribution is -0.165. The molecule has 7 nitrogen and oxygen atoms in total. The number of esters is 1. The highest BCUT2D eigenvalue weighted by molar-refractivity contribution is 5.83. The number of hydrogen-bond donors (Lipinski definition) is 0. The van der Waals surface area contributed by atoms with E-state index in [0.29, 0.717) is 45.4 Å². The van der Waals surface area contributed by atoms with Crippen molar-refractivity contribution in [3.63, 3.8) is 0 Å². The molecule has 0 radical (unpaired) electrons. The Morgan fingerprint density at radius 3 is 2.71 bits per heavy atom. The highest BCUT2D eigenvalue weighted by Gasteiger charge is 2.77. The number of terminal acetylenes is 1. The molecule has 4 rings (SSSR count). The Hall–Kier alpha value is -1.94. The van der Waals surface area contributed by atoms with E-state index in [4.69, 9.17) is 15.9 Å². The average Bonchev–Trinajstić information content (AvgIpc) is 3.46. The first-order chi connectivity index (χ1) is 11.5. The van der Waals surface area contributed by atoms with Crippen molar-refractivity contribution in [3.8, 4) is 12.3 Å². The van der Waals surface area contributed by atoms with E-state index in [0.717, 1.165) is 6.42 Å². The number of likely N-dealkylation sites (tertiary alicyclic amines) is 1. The van der Waals surface area contributed by atoms with Crippen LogP contribution in [-0.4, -0.2) is 54.8 Å². The van der Waals surface area contributed by atoms with Gasteiger partial charge in [0.15, 0.2) is 5.66 Å². The molecule has 1 spiro atoms. The van der Waals surface area contributed by atoms with Crippen LogP contribution in [-0.2, 0) is 19.1 Å². The minimum absolute atomic E-state index is 0.0952. The van der Waals surface area contributed by atoms with E-state index in [1.54, 1.807) is 0 Å². The fourth-order valence-corrected chi connectivity index (χ4v) is 4.24. The Bertz CT molecular complexity index is 655. The molecule has 2 unspecified atom stereocenters. The van der Waals surface area contributed by atoms with Gasteiger partial charge in [-0.25, -0.2) is 0 Å². The Labute approximate surface area is 140 Å². The minimum Gasteiger partial charge on any atom is -0.469 e. The third-order valence-corrected chi connectivity index (χ3v) is 5.98. The second-order valence-electron chi connectivity index (χ2n) is 7.39. The lowest BCUT2D eigenvalue weighted by Crippen LogP contribution is -2.65. The Morgan fingerprint density at radius 2 is 2.12 bits per heavy atom. The third-order valence-electron chi connectivity index (χ3n) is 5.98. The standard InChI is InChI=1S/C17H21N3O4/c1-3-4-6-17(18-19-17)7-5-13(21)20-9-16(10-20)12-8-15(12,11-24-16)14(22)23-2/h1,12H,4-11H2,2H3. The van der Waals surface area contributed by atoms with Crippen LogP contribution in [0, 0.1) is 23.7 Å². The molecule has 24 heavy (non-hydrogen) atoms. The van der Waals surface area contributed by atoms with Crippen molar-refractivity contribution in [1.29, 1.82) is 0 Å². The van der Waals surface area contributed by atoms with E-state index in [-0.39, 0.29) is 23.4 Å². The van der Waals surface area contributed by atoms with Gasteiger partial charge in [-0.05, 0) is 6.42 Å². The van der Waals surface area contributed by atoms with Crippen LogP contribution < -0.4 is 0 Å². The highest BCUT2D eigenvalue weighted by atomic mass is 16.5. The highest BCUT2D eigenvalue weighted by Crippen LogP contribution is 2.66. The van der Waals surface area contributed by atoms with Gasteiger partial charge in [-0.3, -0.25) is 9.59 Å². The van der Waals surface area contributed by atoms with Crippen molar-refractivity contribution in [2.75, 3.05) is 26.8 Å². The van der Waals surface area contributed by atoms with Gasteiger partial charge in [0, 0.05) is 31.6 Å². The lowest BCUT2D eigenvalue weighted by atomic mass is 9.86. The quantitative estimate of drug-likeness (QED) is 0.540. The number of hydrogen-bond acceptors (Lipinski definition) is 6. The summed E-state index contributed by atoms with van der Waals surface area (Å²) in [5.41, 5.74) is -1.20. The average molecular weight is 331 g/mol. The van der Waals surface area contributed by atoms with E-state index in [1.165, 1.54) is 7.11 Å². The first kappa shape index (κ1) is 15.6. The number of methoxy groups -OCH3 is 1. The summed E-state index contributed by atoms with van der Waals surface area (Å²) in [7, 11) is 1.41. The summed E-state index contributed by atoms with van der Waals surface area (Å²) in [6.07, 6.45) is 8.46. The SMILES string of the molecule is C#CCCC1(CCC(=O)N2CC3(C2)OCC2(C(=O)OC)CC32)N=N1. The largest absolute Gasteiger partial charge is 0.469 e. The van der Waals surface area contributed by atoms with Crippen molar-refractivity contribution in [1.82, 2.24) is 4.90 Å². The van der Waals surface area contributed by atoms with Gasteiger partial charge >= 0.3 is 5.97 Å². The second-order valence-corrected chi connectivity index (χ2v) is 7.39. The summed E-state index contributed by atoms with van der Waals surface area (Å²) in [5.74, 6) is 2.69.